The van der Waals surface area contributed by atoms with Gasteiger partial charge in [-0.2, -0.15) is 0 Å². The highest BCUT2D eigenvalue weighted by Gasteiger charge is 2.25. The smallest absolute Gasteiger partial charge is 0.137 e. The molecule has 4 heterocycles. The van der Waals surface area contributed by atoms with Gasteiger partial charge < -0.3 is 27.5 Å². The maximum atomic E-state index is 6.90. The zero-order valence-corrected chi connectivity index (χ0v) is 63.8. The molecule has 0 bridgehead atoms. The summed E-state index contributed by atoms with van der Waals surface area (Å²) in [7, 11) is 0. The van der Waals surface area contributed by atoms with E-state index in [9.17, 15) is 0 Å². The third kappa shape index (κ3) is 12.7. The number of benzene rings is 16. The number of hydrogen-bond donors (Lipinski definition) is 0. The van der Waals surface area contributed by atoms with Gasteiger partial charge in [-0.15, -0.1) is 0 Å². The maximum Gasteiger partial charge on any atom is 0.137 e. The van der Waals surface area contributed by atoms with Gasteiger partial charge in [0.05, 0.1) is 11.4 Å². The Morgan fingerprint density at radius 2 is 0.616 bits per heavy atom. The molecule has 0 saturated heterocycles. The van der Waals surface area contributed by atoms with Crippen LogP contribution in [0.25, 0.3) is 153 Å². The molecule has 0 aliphatic carbocycles. The van der Waals surface area contributed by atoms with E-state index < -0.39 is 0 Å². The molecule has 1 atom stereocenters. The summed E-state index contributed by atoms with van der Waals surface area (Å²) in [6, 6.07) is 113. The first-order chi connectivity index (χ1) is 55.3. The summed E-state index contributed by atoms with van der Waals surface area (Å²) in [5, 5.41) is 18.6. The third-order valence-electron chi connectivity index (χ3n) is 24.1. The highest BCUT2D eigenvalue weighted by atomic mass is 16.3. The molecule has 0 amide bonds. The number of fused-ring (bicyclic) bond motifs is 18. The molecular weight excluding hydrogens is 1370 g/mol. The lowest BCUT2D eigenvalue weighted by Crippen LogP contribution is -2.10. The van der Waals surface area contributed by atoms with E-state index in [1.165, 1.54) is 164 Å². The minimum atomic E-state index is 0.421. The van der Waals surface area contributed by atoms with Gasteiger partial charge in [0, 0.05) is 101 Å². The monoisotopic (exact) mass is 1450 g/mol. The minimum Gasteiger partial charge on any atom is -0.456 e. The quantitative estimate of drug-likeness (QED) is 0.0444. The molecule has 0 aliphatic rings. The van der Waals surface area contributed by atoms with E-state index in [1.54, 1.807) is 0 Å². The van der Waals surface area contributed by atoms with Gasteiger partial charge >= 0.3 is 0 Å². The molecule has 0 N–H and O–H groups in total. The zero-order chi connectivity index (χ0) is 74.8. The highest BCUT2D eigenvalue weighted by molar-refractivity contribution is 6.18. The van der Waals surface area contributed by atoms with Gasteiger partial charge in [0.15, 0.2) is 0 Å². The van der Waals surface area contributed by atoms with E-state index >= 15 is 0 Å². The Kier molecular flexibility index (Phi) is 18.0. The Morgan fingerprint density at radius 1 is 0.250 bits per heavy atom. The van der Waals surface area contributed by atoms with E-state index in [0.29, 0.717) is 11.8 Å². The molecule has 20 rings (SSSR count). The molecule has 0 saturated carbocycles. The van der Waals surface area contributed by atoms with Crippen molar-refractivity contribution >= 4 is 165 Å². The second-order valence-electron chi connectivity index (χ2n) is 31.5. The van der Waals surface area contributed by atoms with E-state index in [2.05, 4.69) is 340 Å². The first-order valence-corrected chi connectivity index (χ1v) is 40.7. The summed E-state index contributed by atoms with van der Waals surface area (Å²) in [4.78, 5) is 4.78. The highest BCUT2D eigenvalue weighted by Crippen LogP contribution is 2.49. The van der Waals surface area contributed by atoms with Crippen LogP contribution in [0.1, 0.15) is 126 Å². The normalized spacial score (nSPS) is 12.4. The van der Waals surface area contributed by atoms with Crippen LogP contribution < -0.4 is 9.80 Å². The first-order valence-electron chi connectivity index (χ1n) is 40.7. The molecule has 4 aromatic heterocycles. The number of aryl methyl sites for hydroxylation is 1. The van der Waals surface area contributed by atoms with Crippen LogP contribution >= 0.6 is 0 Å². The van der Waals surface area contributed by atoms with Crippen molar-refractivity contribution in [1.29, 1.82) is 0 Å². The van der Waals surface area contributed by atoms with Crippen molar-refractivity contribution in [2.75, 3.05) is 9.80 Å². The number of anilines is 6. The summed E-state index contributed by atoms with van der Waals surface area (Å²) in [5.74, 6) is 0.930. The van der Waals surface area contributed by atoms with Gasteiger partial charge in [0.2, 0.25) is 0 Å². The van der Waals surface area contributed by atoms with Crippen LogP contribution in [-0.2, 0) is 6.42 Å². The number of nitrogens with zero attached hydrogens (tertiary/aromatic N) is 2. The van der Waals surface area contributed by atoms with Crippen molar-refractivity contribution in [3.63, 3.8) is 0 Å². The van der Waals surface area contributed by atoms with Crippen molar-refractivity contribution in [3.05, 3.63) is 326 Å². The zero-order valence-electron chi connectivity index (χ0n) is 63.8. The molecule has 16 aromatic carbocycles. The van der Waals surface area contributed by atoms with E-state index in [1.807, 2.05) is 0 Å². The molecule has 112 heavy (non-hydrogen) atoms. The van der Waals surface area contributed by atoms with Crippen LogP contribution in [0.5, 0.6) is 0 Å². The third-order valence-corrected chi connectivity index (χ3v) is 24.1. The number of furan rings is 4. The van der Waals surface area contributed by atoms with Gasteiger partial charge in [-0.3, -0.25) is 0 Å². The molecule has 0 aliphatic heterocycles. The molecule has 0 fully saturated rings. The second kappa shape index (κ2) is 29.3. The fourth-order valence-corrected chi connectivity index (χ4v) is 18.1. The number of unbranched alkanes of at least 4 members (excludes halogenated alkanes) is 8. The average molecular weight is 1450 g/mol. The lowest BCUT2D eigenvalue weighted by Gasteiger charge is -2.27. The van der Waals surface area contributed by atoms with Crippen molar-refractivity contribution in [2.45, 2.75) is 116 Å². The van der Waals surface area contributed by atoms with Crippen molar-refractivity contribution < 1.29 is 17.7 Å². The van der Waals surface area contributed by atoms with Gasteiger partial charge in [0.1, 0.15) is 44.7 Å². The molecule has 6 heteroatoms. The van der Waals surface area contributed by atoms with Gasteiger partial charge in [-0.1, -0.05) is 254 Å². The lowest BCUT2D eigenvalue weighted by atomic mass is 9.87. The summed E-state index contributed by atoms with van der Waals surface area (Å²) in [6.45, 7) is 6.80. The van der Waals surface area contributed by atoms with Gasteiger partial charge in [-0.25, -0.2) is 0 Å². The molecule has 546 valence electrons. The average Bonchev–Trinajstić information content (AvgIpc) is 1.28. The Morgan fingerprint density at radius 3 is 1.08 bits per heavy atom. The van der Waals surface area contributed by atoms with Crippen molar-refractivity contribution in [1.82, 2.24) is 0 Å². The molecule has 6 nitrogen and oxygen atoms in total. The van der Waals surface area contributed by atoms with Crippen LogP contribution in [0.15, 0.2) is 327 Å². The van der Waals surface area contributed by atoms with Crippen LogP contribution in [0.3, 0.4) is 0 Å². The molecule has 20 aromatic rings. The number of hydrogen-bond acceptors (Lipinski definition) is 6. The van der Waals surface area contributed by atoms with E-state index in [-0.39, 0.29) is 0 Å². The topological polar surface area (TPSA) is 59.0 Å². The Labute approximate surface area is 652 Å². The predicted molar refractivity (Wildman–Crippen MR) is 474 cm³/mol. The standard InChI is InChI=1S/C106H88N2O4/c1-4-5-6-13-26-70(74-43-55-100-94(59-74)90-51-47-80(65-104(90)110-100)108(98-63-78-31-18-20-33-84(78)86-35-22-24-37-88(86)98)81-48-52-91-95-60-75(71-28-15-11-16-29-71)44-56-101(95)111-105(91)66-81)27-14-10-8-7-9-12-25-69-38-40-72(41-39-69)76-45-57-102-96(61-76)92-53-49-82(67-106(92)112-102)107(97-62-77-30-17-19-32-83(77)85-34-21-23-36-87(85)97)79-46-50-89-93-58-73(68(2)3)42-54-99(93)109-103(89)64-79/h11,15-24,28-68,70H,4-10,12-14,25-27H2,1-3H3. The molecule has 0 spiro atoms. The molecule has 1 unspecified atom stereocenters. The second-order valence-corrected chi connectivity index (χ2v) is 31.5. The summed E-state index contributed by atoms with van der Waals surface area (Å²) >= 11 is 0. The van der Waals surface area contributed by atoms with Crippen LogP contribution in [0.2, 0.25) is 0 Å². The Balaban J connectivity index is 0.507. The van der Waals surface area contributed by atoms with Crippen LogP contribution in [0, 0.1) is 0 Å². The number of rotatable bonds is 24. The van der Waals surface area contributed by atoms with Crippen LogP contribution in [-0.4, -0.2) is 0 Å². The van der Waals surface area contributed by atoms with Crippen LogP contribution in [0.4, 0.5) is 34.1 Å². The van der Waals surface area contributed by atoms with E-state index in [0.717, 1.165) is 123 Å². The summed E-state index contributed by atoms with van der Waals surface area (Å²) in [5.41, 5.74) is 22.2. The van der Waals surface area contributed by atoms with Gasteiger partial charge in [-0.05, 0) is 218 Å². The summed E-state index contributed by atoms with van der Waals surface area (Å²) in [6.07, 6.45) is 16.1. The largest absolute Gasteiger partial charge is 0.456 e. The lowest BCUT2D eigenvalue weighted by molar-refractivity contribution is 0.490. The fourth-order valence-electron chi connectivity index (χ4n) is 18.1. The Bertz CT molecular complexity index is 6950. The van der Waals surface area contributed by atoms with E-state index in [4.69, 9.17) is 17.7 Å². The predicted octanol–water partition coefficient (Wildman–Crippen LogP) is 32.3. The Hall–Kier alpha value is -12.6. The first kappa shape index (κ1) is 68.6. The van der Waals surface area contributed by atoms with Crippen molar-refractivity contribution in [2.24, 2.45) is 0 Å². The SMILES string of the molecule is CCCCCCC(CCCCCCCCc1ccc(-c2ccc3oc4cc(N(c5ccc6c(c5)oc5ccc(C(C)C)cc56)c5cc6ccccc6c6ccccc56)ccc4c3c2)cc1)c1ccc2oc3cc(N(c4ccc5c(c4)oc4ccc(-c6ccccc6)cc45)c4cc5ccccc5c5ccccc45)ccc3c2c1. The van der Waals surface area contributed by atoms with Gasteiger partial charge in [0.25, 0.3) is 0 Å². The summed E-state index contributed by atoms with van der Waals surface area (Å²) < 4.78 is 27.1. The fraction of sp³-hybridized carbons (Fsp3) is 0.170. The minimum absolute atomic E-state index is 0.421. The molecular formula is C106H88N2O4. The van der Waals surface area contributed by atoms with Crippen molar-refractivity contribution in [3.8, 4) is 22.3 Å². The maximum absolute atomic E-state index is 6.90. The molecule has 0 radical (unpaired) electrons.